The van der Waals surface area contributed by atoms with E-state index >= 15 is 0 Å². The summed E-state index contributed by atoms with van der Waals surface area (Å²) in [4.78, 5) is 32.3. The molecule has 3 rings (SSSR count). The van der Waals surface area contributed by atoms with Crippen LogP contribution in [0, 0.1) is 0 Å². The van der Waals surface area contributed by atoms with Crippen molar-refractivity contribution >= 4 is 28.7 Å². The van der Waals surface area contributed by atoms with E-state index in [1.165, 1.54) is 15.9 Å². The number of nitrogens with one attached hydrogen (secondary N) is 2. The van der Waals surface area contributed by atoms with Gasteiger partial charge in [-0.3, -0.25) is 14.9 Å². The quantitative estimate of drug-likeness (QED) is 0.709. The molecule has 0 saturated heterocycles. The molecule has 2 N–H and O–H groups in total. The summed E-state index contributed by atoms with van der Waals surface area (Å²) in [6.07, 6.45) is 4.29. The number of amides is 2. The summed E-state index contributed by atoms with van der Waals surface area (Å²) in [5, 5.41) is 7.87. The Labute approximate surface area is 144 Å². The second-order valence-corrected chi connectivity index (χ2v) is 6.00. The van der Waals surface area contributed by atoms with Crippen LogP contribution in [0.5, 0.6) is 0 Å². The van der Waals surface area contributed by atoms with Crippen molar-refractivity contribution in [2.75, 3.05) is 19.4 Å². The number of anilines is 1. The molecular weight excluding hydrogens is 320 g/mol. The number of likely N-dealkylation sites (N-methyl/N-ethyl adjacent to an activating group) is 1. The predicted octanol–water partition coefficient (Wildman–Crippen LogP) is 1.42. The van der Waals surface area contributed by atoms with Crippen LogP contribution in [0.4, 0.5) is 5.95 Å². The van der Waals surface area contributed by atoms with Gasteiger partial charge in [0.2, 0.25) is 17.8 Å². The Bertz CT molecular complexity index is 895. The summed E-state index contributed by atoms with van der Waals surface area (Å²) in [5.41, 5.74) is 2.17. The second-order valence-electron chi connectivity index (χ2n) is 6.00. The Morgan fingerprint density at radius 3 is 2.92 bits per heavy atom. The van der Waals surface area contributed by atoms with Crippen LogP contribution in [0.15, 0.2) is 36.8 Å². The molecule has 0 saturated carbocycles. The molecule has 0 spiro atoms. The lowest BCUT2D eigenvalue weighted by Gasteiger charge is -2.09. The summed E-state index contributed by atoms with van der Waals surface area (Å²) in [7, 11) is 3.35. The number of hydrogen-bond donors (Lipinski definition) is 2. The number of fused-ring (bicyclic) bond motifs is 1. The second kappa shape index (κ2) is 7.16. The Hall–Kier alpha value is -3.16. The molecule has 0 atom stereocenters. The number of carbonyl (C=O) groups excluding carboxylic acids is 2. The van der Waals surface area contributed by atoms with Crippen molar-refractivity contribution in [3.8, 4) is 0 Å². The molecule has 0 aliphatic heterocycles. The average molecular weight is 340 g/mol. The summed E-state index contributed by atoms with van der Waals surface area (Å²) < 4.78 is 1.40. The maximum absolute atomic E-state index is 12.1. The largest absolute Gasteiger partial charge is 0.361 e. The third-order valence-electron chi connectivity index (χ3n) is 3.84. The zero-order chi connectivity index (χ0) is 17.8. The standard InChI is InChI=1S/C17H20N6O2/c1-22(2)16(25)10-23-11-19-17(21-23)20-15(24)6-4-12-3-5-14-13(9-12)7-8-18-14/h3,5,7-9,11,18H,4,6,10H2,1-2H3,(H,20,21,24). The number of aryl methyl sites for hydroxylation is 1. The van der Waals surface area contributed by atoms with E-state index in [0.29, 0.717) is 12.8 Å². The van der Waals surface area contributed by atoms with Crippen LogP contribution >= 0.6 is 0 Å². The van der Waals surface area contributed by atoms with E-state index < -0.39 is 0 Å². The summed E-state index contributed by atoms with van der Waals surface area (Å²) in [5.74, 6) is -0.0496. The van der Waals surface area contributed by atoms with Gasteiger partial charge in [0.15, 0.2) is 0 Å². The smallest absolute Gasteiger partial charge is 0.248 e. The van der Waals surface area contributed by atoms with Crippen molar-refractivity contribution in [3.05, 3.63) is 42.4 Å². The van der Waals surface area contributed by atoms with Crippen molar-refractivity contribution in [2.24, 2.45) is 0 Å². The molecule has 3 aromatic rings. The molecule has 0 radical (unpaired) electrons. The highest BCUT2D eigenvalue weighted by molar-refractivity contribution is 5.89. The van der Waals surface area contributed by atoms with Gasteiger partial charge in [0.25, 0.3) is 0 Å². The van der Waals surface area contributed by atoms with E-state index in [4.69, 9.17) is 0 Å². The van der Waals surface area contributed by atoms with Crippen molar-refractivity contribution in [2.45, 2.75) is 19.4 Å². The predicted molar refractivity (Wildman–Crippen MR) is 94.0 cm³/mol. The van der Waals surface area contributed by atoms with E-state index in [0.717, 1.165) is 16.5 Å². The minimum absolute atomic E-state index is 0.0898. The first-order valence-electron chi connectivity index (χ1n) is 7.97. The molecule has 2 amide bonds. The molecule has 2 aromatic heterocycles. The maximum atomic E-state index is 12.1. The normalized spacial score (nSPS) is 10.8. The van der Waals surface area contributed by atoms with Gasteiger partial charge in [0, 0.05) is 32.2 Å². The molecule has 0 fully saturated rings. The van der Waals surface area contributed by atoms with Gasteiger partial charge in [-0.25, -0.2) is 9.67 Å². The number of benzene rings is 1. The van der Waals surface area contributed by atoms with Crippen LogP contribution in [0.1, 0.15) is 12.0 Å². The highest BCUT2D eigenvalue weighted by Gasteiger charge is 2.10. The molecule has 0 bridgehead atoms. The molecule has 25 heavy (non-hydrogen) atoms. The Kier molecular flexibility index (Phi) is 4.78. The van der Waals surface area contributed by atoms with Gasteiger partial charge in [-0.2, -0.15) is 0 Å². The minimum atomic E-state index is -0.161. The van der Waals surface area contributed by atoms with E-state index in [2.05, 4.69) is 26.4 Å². The lowest BCUT2D eigenvalue weighted by molar-refractivity contribution is -0.129. The number of hydrogen-bond acceptors (Lipinski definition) is 4. The first kappa shape index (κ1) is 16.7. The fourth-order valence-corrected chi connectivity index (χ4v) is 2.41. The number of H-pyrrole nitrogens is 1. The Balaban J connectivity index is 1.52. The number of nitrogens with zero attached hydrogens (tertiary/aromatic N) is 4. The number of aromatic nitrogens is 4. The Morgan fingerprint density at radius 2 is 2.12 bits per heavy atom. The molecule has 0 unspecified atom stereocenters. The monoisotopic (exact) mass is 340 g/mol. The number of carbonyl (C=O) groups is 2. The van der Waals surface area contributed by atoms with E-state index in [1.54, 1.807) is 14.1 Å². The molecular formula is C17H20N6O2. The topological polar surface area (TPSA) is 95.9 Å². The van der Waals surface area contributed by atoms with Crippen LogP contribution in [-0.2, 0) is 22.6 Å². The fraction of sp³-hybridized carbons (Fsp3) is 0.294. The van der Waals surface area contributed by atoms with Gasteiger partial charge in [0.05, 0.1) is 0 Å². The first-order chi connectivity index (χ1) is 12.0. The molecule has 8 nitrogen and oxygen atoms in total. The van der Waals surface area contributed by atoms with Crippen molar-refractivity contribution in [1.29, 1.82) is 0 Å². The lowest BCUT2D eigenvalue weighted by atomic mass is 10.1. The van der Waals surface area contributed by atoms with Crippen LogP contribution in [0.3, 0.4) is 0 Å². The SMILES string of the molecule is CN(C)C(=O)Cn1cnc(NC(=O)CCc2ccc3[nH]ccc3c2)n1. The van der Waals surface area contributed by atoms with E-state index in [1.807, 2.05) is 24.4 Å². The summed E-state index contributed by atoms with van der Waals surface area (Å²) in [6.45, 7) is 0.0898. The van der Waals surface area contributed by atoms with Crippen molar-refractivity contribution < 1.29 is 9.59 Å². The van der Waals surface area contributed by atoms with Crippen LogP contribution < -0.4 is 5.32 Å². The van der Waals surface area contributed by atoms with Crippen LogP contribution in [-0.4, -0.2) is 50.6 Å². The zero-order valence-electron chi connectivity index (χ0n) is 14.2. The van der Waals surface area contributed by atoms with Gasteiger partial charge >= 0.3 is 0 Å². The zero-order valence-corrected chi connectivity index (χ0v) is 14.2. The molecule has 0 aliphatic carbocycles. The van der Waals surface area contributed by atoms with E-state index in [9.17, 15) is 9.59 Å². The van der Waals surface area contributed by atoms with E-state index in [-0.39, 0.29) is 24.3 Å². The molecule has 2 heterocycles. The maximum Gasteiger partial charge on any atom is 0.248 e. The third-order valence-corrected chi connectivity index (χ3v) is 3.84. The molecule has 130 valence electrons. The molecule has 0 aliphatic rings. The van der Waals surface area contributed by atoms with Crippen LogP contribution in [0.2, 0.25) is 0 Å². The van der Waals surface area contributed by atoms with Crippen molar-refractivity contribution in [1.82, 2.24) is 24.6 Å². The highest BCUT2D eigenvalue weighted by atomic mass is 16.2. The number of aromatic amines is 1. The van der Waals surface area contributed by atoms with Gasteiger partial charge in [-0.1, -0.05) is 6.07 Å². The third kappa shape index (κ3) is 4.23. The molecule has 1 aromatic carbocycles. The molecule has 8 heteroatoms. The number of rotatable bonds is 6. The minimum Gasteiger partial charge on any atom is -0.361 e. The Morgan fingerprint density at radius 1 is 1.28 bits per heavy atom. The summed E-state index contributed by atoms with van der Waals surface area (Å²) in [6, 6.07) is 8.09. The van der Waals surface area contributed by atoms with Gasteiger partial charge in [0.1, 0.15) is 12.9 Å². The average Bonchev–Trinajstić information content (AvgIpc) is 3.21. The first-order valence-corrected chi connectivity index (χ1v) is 7.97. The van der Waals surface area contributed by atoms with Crippen molar-refractivity contribution in [3.63, 3.8) is 0 Å². The van der Waals surface area contributed by atoms with Gasteiger partial charge in [-0.05, 0) is 35.6 Å². The summed E-state index contributed by atoms with van der Waals surface area (Å²) >= 11 is 0. The fourth-order valence-electron chi connectivity index (χ4n) is 2.41. The highest BCUT2D eigenvalue weighted by Crippen LogP contribution is 2.15. The van der Waals surface area contributed by atoms with Gasteiger partial charge in [-0.15, -0.1) is 5.10 Å². The van der Waals surface area contributed by atoms with Gasteiger partial charge < -0.3 is 9.88 Å². The van der Waals surface area contributed by atoms with Crippen LogP contribution in [0.25, 0.3) is 10.9 Å². The lowest BCUT2D eigenvalue weighted by Crippen LogP contribution is -2.26.